The first-order chi connectivity index (χ1) is 12.1. The number of aromatic nitrogens is 1. The van der Waals surface area contributed by atoms with Crippen LogP contribution >= 0.6 is 11.3 Å². The lowest BCUT2D eigenvalue weighted by molar-refractivity contribution is -0.124. The molecule has 1 amide bonds. The molecular weight excluding hydrogens is 338 g/mol. The van der Waals surface area contributed by atoms with Gasteiger partial charge < -0.3 is 20.5 Å². The normalized spacial score (nSPS) is 16.4. The smallest absolute Gasteiger partial charge is 0.246 e. The van der Waals surface area contributed by atoms with E-state index in [0.29, 0.717) is 31.2 Å². The maximum absolute atomic E-state index is 12.6. The standard InChI is InChI=1S/C18H23N3O3S/c1-3-14-15(12-4-6-13(23-2)7-5-12)20-17(25-14)21-16(22)18(19)8-10-24-11-9-18/h4-7H,3,8-11,19H2,1-2H3,(H,20,21,22). The summed E-state index contributed by atoms with van der Waals surface area (Å²) in [6.45, 7) is 3.10. The van der Waals surface area contributed by atoms with E-state index < -0.39 is 5.54 Å². The Morgan fingerprint density at radius 2 is 2.04 bits per heavy atom. The Morgan fingerprint density at radius 3 is 2.64 bits per heavy atom. The molecule has 6 nitrogen and oxygen atoms in total. The quantitative estimate of drug-likeness (QED) is 0.855. The van der Waals surface area contributed by atoms with Gasteiger partial charge in [0.05, 0.1) is 12.8 Å². The number of benzene rings is 1. The lowest BCUT2D eigenvalue weighted by Crippen LogP contribution is -2.54. The van der Waals surface area contributed by atoms with Gasteiger partial charge in [0.1, 0.15) is 11.3 Å². The Balaban J connectivity index is 1.81. The van der Waals surface area contributed by atoms with E-state index in [1.807, 2.05) is 24.3 Å². The van der Waals surface area contributed by atoms with E-state index in [1.165, 1.54) is 11.3 Å². The summed E-state index contributed by atoms with van der Waals surface area (Å²) in [4.78, 5) is 18.3. The SMILES string of the molecule is CCc1sc(NC(=O)C2(N)CCOCC2)nc1-c1ccc(OC)cc1. The van der Waals surface area contributed by atoms with Gasteiger partial charge in [-0.3, -0.25) is 4.79 Å². The number of hydrogen-bond acceptors (Lipinski definition) is 6. The van der Waals surface area contributed by atoms with Crippen LogP contribution in [0.4, 0.5) is 5.13 Å². The maximum atomic E-state index is 12.6. The first-order valence-electron chi connectivity index (χ1n) is 8.38. The molecule has 1 aliphatic heterocycles. The largest absolute Gasteiger partial charge is 0.497 e. The minimum absolute atomic E-state index is 0.187. The Hall–Kier alpha value is -1.96. The second-order valence-corrected chi connectivity index (χ2v) is 7.18. The summed E-state index contributed by atoms with van der Waals surface area (Å²) in [7, 11) is 1.64. The molecule has 0 aliphatic carbocycles. The van der Waals surface area contributed by atoms with Crippen LogP contribution in [0.25, 0.3) is 11.3 Å². The van der Waals surface area contributed by atoms with Crippen LogP contribution in [0.3, 0.4) is 0 Å². The summed E-state index contributed by atoms with van der Waals surface area (Å²) in [6, 6.07) is 7.76. The van der Waals surface area contributed by atoms with Gasteiger partial charge in [-0.25, -0.2) is 4.98 Å². The molecule has 1 saturated heterocycles. The van der Waals surface area contributed by atoms with Gasteiger partial charge in [-0.05, 0) is 43.5 Å². The van der Waals surface area contributed by atoms with Crippen molar-refractivity contribution in [2.75, 3.05) is 25.6 Å². The molecular formula is C18H23N3O3S. The van der Waals surface area contributed by atoms with Crippen molar-refractivity contribution in [3.63, 3.8) is 0 Å². The van der Waals surface area contributed by atoms with E-state index >= 15 is 0 Å². The van der Waals surface area contributed by atoms with Crippen molar-refractivity contribution in [2.24, 2.45) is 5.73 Å². The monoisotopic (exact) mass is 361 g/mol. The van der Waals surface area contributed by atoms with Crippen LogP contribution in [0.2, 0.25) is 0 Å². The predicted octanol–water partition coefficient (Wildman–Crippen LogP) is 2.83. The molecule has 2 heterocycles. The molecule has 0 radical (unpaired) electrons. The topological polar surface area (TPSA) is 86.5 Å². The van der Waals surface area contributed by atoms with Crippen molar-refractivity contribution >= 4 is 22.4 Å². The van der Waals surface area contributed by atoms with Crippen molar-refractivity contribution in [1.29, 1.82) is 0 Å². The molecule has 0 bridgehead atoms. The molecule has 1 fully saturated rings. The number of rotatable bonds is 5. The van der Waals surface area contributed by atoms with Crippen molar-refractivity contribution < 1.29 is 14.3 Å². The van der Waals surface area contributed by atoms with Crippen LogP contribution in [0, 0.1) is 0 Å². The summed E-state index contributed by atoms with van der Waals surface area (Å²) >= 11 is 1.49. The number of hydrogen-bond donors (Lipinski definition) is 2. The number of ether oxygens (including phenoxy) is 2. The zero-order valence-corrected chi connectivity index (χ0v) is 15.3. The molecule has 2 aromatic rings. The van der Waals surface area contributed by atoms with Crippen LogP contribution in [0.1, 0.15) is 24.6 Å². The Kier molecular flexibility index (Phi) is 5.36. The third-order valence-corrected chi connectivity index (χ3v) is 5.55. The van der Waals surface area contributed by atoms with E-state index in [0.717, 1.165) is 28.3 Å². The van der Waals surface area contributed by atoms with Gasteiger partial charge in [-0.1, -0.05) is 6.92 Å². The van der Waals surface area contributed by atoms with Gasteiger partial charge in [0.15, 0.2) is 5.13 Å². The lowest BCUT2D eigenvalue weighted by Gasteiger charge is -2.31. The molecule has 0 spiro atoms. The molecule has 0 saturated carbocycles. The third kappa shape index (κ3) is 3.84. The number of aryl methyl sites for hydroxylation is 1. The Morgan fingerprint density at radius 1 is 1.36 bits per heavy atom. The van der Waals surface area contributed by atoms with E-state index in [9.17, 15) is 4.79 Å². The number of thiazole rings is 1. The average Bonchev–Trinajstić information content (AvgIpc) is 3.05. The number of carbonyl (C=O) groups excluding carboxylic acids is 1. The molecule has 7 heteroatoms. The summed E-state index contributed by atoms with van der Waals surface area (Å²) < 4.78 is 10.5. The van der Waals surface area contributed by atoms with Crippen LogP contribution in [-0.2, 0) is 16.0 Å². The molecule has 3 rings (SSSR count). The minimum atomic E-state index is -0.878. The van der Waals surface area contributed by atoms with Gasteiger partial charge in [-0.15, -0.1) is 11.3 Å². The summed E-state index contributed by atoms with van der Waals surface area (Å²) in [5, 5.41) is 3.49. The van der Waals surface area contributed by atoms with E-state index in [-0.39, 0.29) is 5.91 Å². The number of methoxy groups -OCH3 is 1. The van der Waals surface area contributed by atoms with Gasteiger partial charge in [-0.2, -0.15) is 0 Å². The molecule has 134 valence electrons. The third-order valence-electron chi connectivity index (χ3n) is 4.44. The second-order valence-electron chi connectivity index (χ2n) is 6.10. The highest BCUT2D eigenvalue weighted by molar-refractivity contribution is 7.16. The number of carbonyl (C=O) groups is 1. The molecule has 1 aromatic carbocycles. The summed E-state index contributed by atoms with van der Waals surface area (Å²) in [5.41, 5.74) is 7.26. The van der Waals surface area contributed by atoms with Crippen LogP contribution in [0.15, 0.2) is 24.3 Å². The first kappa shape index (κ1) is 17.8. The summed E-state index contributed by atoms with van der Waals surface area (Å²) in [5.74, 6) is 0.614. The molecule has 0 unspecified atom stereocenters. The van der Waals surface area contributed by atoms with Crippen molar-refractivity contribution in [1.82, 2.24) is 4.98 Å². The van der Waals surface area contributed by atoms with Gasteiger partial charge >= 0.3 is 0 Å². The van der Waals surface area contributed by atoms with E-state index in [1.54, 1.807) is 7.11 Å². The predicted molar refractivity (Wildman–Crippen MR) is 99.1 cm³/mol. The molecule has 25 heavy (non-hydrogen) atoms. The molecule has 1 aliphatic rings. The average molecular weight is 361 g/mol. The zero-order chi connectivity index (χ0) is 17.9. The van der Waals surface area contributed by atoms with Crippen molar-refractivity contribution in [3.8, 4) is 17.0 Å². The van der Waals surface area contributed by atoms with Crippen LogP contribution in [0.5, 0.6) is 5.75 Å². The minimum Gasteiger partial charge on any atom is -0.497 e. The van der Waals surface area contributed by atoms with E-state index in [2.05, 4.69) is 17.2 Å². The van der Waals surface area contributed by atoms with E-state index in [4.69, 9.17) is 15.2 Å². The van der Waals surface area contributed by atoms with Crippen LogP contribution < -0.4 is 15.8 Å². The van der Waals surface area contributed by atoms with Crippen molar-refractivity contribution in [2.45, 2.75) is 31.7 Å². The number of nitrogens with two attached hydrogens (primary N) is 1. The molecule has 0 atom stereocenters. The molecule has 1 aromatic heterocycles. The van der Waals surface area contributed by atoms with Crippen molar-refractivity contribution in [3.05, 3.63) is 29.1 Å². The fourth-order valence-corrected chi connectivity index (χ4v) is 3.72. The molecule has 3 N–H and O–H groups in total. The highest BCUT2D eigenvalue weighted by Crippen LogP contribution is 2.33. The highest BCUT2D eigenvalue weighted by atomic mass is 32.1. The summed E-state index contributed by atoms with van der Waals surface area (Å²) in [6.07, 6.45) is 1.89. The Labute approximate surface area is 151 Å². The second kappa shape index (κ2) is 7.51. The van der Waals surface area contributed by atoms with Crippen LogP contribution in [-0.4, -0.2) is 36.8 Å². The van der Waals surface area contributed by atoms with Gasteiger partial charge in [0.2, 0.25) is 5.91 Å². The van der Waals surface area contributed by atoms with Gasteiger partial charge in [0, 0.05) is 23.7 Å². The fourth-order valence-electron chi connectivity index (χ4n) is 2.80. The number of nitrogens with zero attached hydrogens (tertiary/aromatic N) is 1. The first-order valence-corrected chi connectivity index (χ1v) is 9.19. The number of amides is 1. The van der Waals surface area contributed by atoms with Gasteiger partial charge in [0.25, 0.3) is 0 Å². The highest BCUT2D eigenvalue weighted by Gasteiger charge is 2.36. The number of anilines is 1. The fraction of sp³-hybridized carbons (Fsp3) is 0.444. The Bertz CT molecular complexity index is 737. The lowest BCUT2D eigenvalue weighted by atomic mass is 9.90. The maximum Gasteiger partial charge on any atom is 0.246 e. The number of nitrogens with one attached hydrogen (secondary N) is 1. The zero-order valence-electron chi connectivity index (χ0n) is 14.5.